The highest BCUT2D eigenvalue weighted by Crippen LogP contribution is 2.24. The molecule has 0 aliphatic heterocycles. The zero-order chi connectivity index (χ0) is 12.8. The van der Waals surface area contributed by atoms with Crippen LogP contribution in [0.1, 0.15) is 26.3 Å². The summed E-state index contributed by atoms with van der Waals surface area (Å²) in [5.74, 6) is -0.969. The van der Waals surface area contributed by atoms with Crippen molar-refractivity contribution >= 4 is 5.69 Å². The molecule has 0 saturated heterocycles. The number of halogens is 2. The van der Waals surface area contributed by atoms with E-state index in [0.717, 1.165) is 6.54 Å². The summed E-state index contributed by atoms with van der Waals surface area (Å²) >= 11 is 0. The Bertz CT molecular complexity index is 339. The van der Waals surface area contributed by atoms with E-state index in [0.29, 0.717) is 25.2 Å². The van der Waals surface area contributed by atoms with Crippen molar-refractivity contribution in [2.24, 2.45) is 0 Å². The highest BCUT2D eigenvalue weighted by atomic mass is 19.1. The molecule has 0 spiro atoms. The number of nitrogens with one attached hydrogen (secondary N) is 1. The predicted molar refractivity (Wildman–Crippen MR) is 67.3 cm³/mol. The number of nitrogens with zero attached hydrogens (tertiary/aromatic N) is 1. The van der Waals surface area contributed by atoms with Gasteiger partial charge in [-0.05, 0) is 38.1 Å². The molecule has 0 atom stereocenters. The van der Waals surface area contributed by atoms with E-state index in [1.54, 1.807) is 4.90 Å². The van der Waals surface area contributed by atoms with Crippen LogP contribution in [-0.4, -0.2) is 19.6 Å². The lowest BCUT2D eigenvalue weighted by Gasteiger charge is -2.22. The Morgan fingerprint density at radius 3 is 2.00 bits per heavy atom. The second kappa shape index (κ2) is 6.55. The largest absolute Gasteiger partial charge is 0.367 e. The van der Waals surface area contributed by atoms with E-state index in [9.17, 15) is 8.78 Å². The summed E-state index contributed by atoms with van der Waals surface area (Å²) in [7, 11) is 0. The van der Waals surface area contributed by atoms with Gasteiger partial charge in [0.05, 0.1) is 0 Å². The summed E-state index contributed by atoms with van der Waals surface area (Å²) in [6, 6.07) is 2.80. The highest BCUT2D eigenvalue weighted by molar-refractivity contribution is 5.50. The maximum Gasteiger partial charge on any atom is 0.149 e. The van der Waals surface area contributed by atoms with E-state index < -0.39 is 11.6 Å². The Hall–Kier alpha value is -1.16. The fourth-order valence-corrected chi connectivity index (χ4v) is 1.83. The van der Waals surface area contributed by atoms with E-state index >= 15 is 0 Å². The average Bonchev–Trinajstić information content (AvgIpc) is 2.31. The van der Waals surface area contributed by atoms with Gasteiger partial charge < -0.3 is 10.2 Å². The van der Waals surface area contributed by atoms with Crippen LogP contribution < -0.4 is 10.2 Å². The minimum Gasteiger partial charge on any atom is -0.367 e. The van der Waals surface area contributed by atoms with Gasteiger partial charge in [0.1, 0.15) is 17.3 Å². The van der Waals surface area contributed by atoms with E-state index in [1.807, 2.05) is 20.8 Å². The third kappa shape index (κ3) is 3.40. The van der Waals surface area contributed by atoms with Crippen molar-refractivity contribution in [3.63, 3.8) is 0 Å². The summed E-state index contributed by atoms with van der Waals surface area (Å²) in [4.78, 5) is 1.68. The average molecular weight is 242 g/mol. The molecule has 0 unspecified atom stereocenters. The Kier molecular flexibility index (Phi) is 5.35. The molecule has 1 rings (SSSR count). The molecule has 1 aromatic carbocycles. The summed E-state index contributed by atoms with van der Waals surface area (Å²) in [5.41, 5.74) is 0.716. The van der Waals surface area contributed by atoms with Crippen molar-refractivity contribution in [1.29, 1.82) is 0 Å². The zero-order valence-corrected chi connectivity index (χ0v) is 10.7. The zero-order valence-electron chi connectivity index (χ0n) is 10.7. The topological polar surface area (TPSA) is 15.3 Å². The molecule has 1 aromatic rings. The standard InChI is InChI=1S/C13H20F2N2/c1-4-16-9-10-7-11(14)13(12(15)8-10)17(5-2)6-3/h7-8,16H,4-6,9H2,1-3H3. The Morgan fingerprint density at radius 1 is 1.06 bits per heavy atom. The van der Waals surface area contributed by atoms with E-state index in [4.69, 9.17) is 0 Å². The molecule has 0 saturated carbocycles. The van der Waals surface area contributed by atoms with Crippen molar-refractivity contribution in [3.05, 3.63) is 29.3 Å². The van der Waals surface area contributed by atoms with Gasteiger partial charge in [0.15, 0.2) is 0 Å². The van der Waals surface area contributed by atoms with Crippen LogP contribution in [0.15, 0.2) is 12.1 Å². The first kappa shape index (κ1) is 13.9. The molecule has 0 bridgehead atoms. The Balaban J connectivity index is 3.01. The minimum atomic E-state index is -0.485. The molecule has 0 amide bonds. The predicted octanol–water partition coefficient (Wildman–Crippen LogP) is 2.92. The van der Waals surface area contributed by atoms with Crippen LogP contribution in [-0.2, 0) is 6.54 Å². The maximum absolute atomic E-state index is 13.9. The van der Waals surface area contributed by atoms with Crippen LogP contribution >= 0.6 is 0 Å². The first-order valence-corrected chi connectivity index (χ1v) is 6.07. The van der Waals surface area contributed by atoms with Crippen molar-refractivity contribution in [2.75, 3.05) is 24.5 Å². The van der Waals surface area contributed by atoms with Gasteiger partial charge in [0, 0.05) is 19.6 Å². The Morgan fingerprint density at radius 2 is 1.59 bits per heavy atom. The minimum absolute atomic E-state index is 0.0789. The first-order chi connectivity index (χ1) is 8.13. The van der Waals surface area contributed by atoms with Gasteiger partial charge in [-0.3, -0.25) is 0 Å². The number of benzene rings is 1. The number of anilines is 1. The summed E-state index contributed by atoms with van der Waals surface area (Å²) in [6.45, 7) is 8.18. The molecule has 0 radical (unpaired) electrons. The second-order valence-corrected chi connectivity index (χ2v) is 3.86. The van der Waals surface area contributed by atoms with Gasteiger partial charge in [0.25, 0.3) is 0 Å². The van der Waals surface area contributed by atoms with Gasteiger partial charge in [-0.15, -0.1) is 0 Å². The molecule has 0 aliphatic carbocycles. The van der Waals surface area contributed by atoms with Crippen LogP contribution in [0.4, 0.5) is 14.5 Å². The quantitative estimate of drug-likeness (QED) is 0.825. The molecule has 0 aromatic heterocycles. The van der Waals surface area contributed by atoms with Gasteiger partial charge in [0.2, 0.25) is 0 Å². The summed E-state index contributed by atoms with van der Waals surface area (Å²) < 4.78 is 27.7. The van der Waals surface area contributed by atoms with E-state index in [1.165, 1.54) is 12.1 Å². The lowest BCUT2D eigenvalue weighted by molar-refractivity contribution is 0.567. The first-order valence-electron chi connectivity index (χ1n) is 6.07. The lowest BCUT2D eigenvalue weighted by Crippen LogP contribution is -2.24. The Labute approximate surface area is 102 Å². The summed E-state index contributed by atoms with van der Waals surface area (Å²) in [5, 5.41) is 3.05. The molecule has 0 heterocycles. The van der Waals surface area contributed by atoms with Gasteiger partial charge in [-0.2, -0.15) is 0 Å². The van der Waals surface area contributed by atoms with Gasteiger partial charge in [-0.1, -0.05) is 6.92 Å². The maximum atomic E-state index is 13.9. The molecule has 4 heteroatoms. The lowest BCUT2D eigenvalue weighted by atomic mass is 10.1. The smallest absolute Gasteiger partial charge is 0.149 e. The van der Waals surface area contributed by atoms with E-state index in [2.05, 4.69) is 5.32 Å². The number of hydrogen-bond acceptors (Lipinski definition) is 2. The fraction of sp³-hybridized carbons (Fsp3) is 0.538. The molecule has 1 N–H and O–H groups in total. The number of hydrogen-bond donors (Lipinski definition) is 1. The molecular formula is C13H20F2N2. The van der Waals surface area contributed by atoms with Gasteiger partial charge >= 0.3 is 0 Å². The van der Waals surface area contributed by atoms with Crippen LogP contribution in [0.5, 0.6) is 0 Å². The second-order valence-electron chi connectivity index (χ2n) is 3.86. The van der Waals surface area contributed by atoms with Crippen LogP contribution in [0, 0.1) is 11.6 Å². The van der Waals surface area contributed by atoms with Crippen LogP contribution in [0.3, 0.4) is 0 Å². The highest BCUT2D eigenvalue weighted by Gasteiger charge is 2.15. The fourth-order valence-electron chi connectivity index (χ4n) is 1.83. The van der Waals surface area contributed by atoms with Gasteiger partial charge in [-0.25, -0.2) is 8.78 Å². The third-order valence-electron chi connectivity index (χ3n) is 2.74. The molecule has 0 aliphatic rings. The monoisotopic (exact) mass is 242 g/mol. The van der Waals surface area contributed by atoms with Crippen molar-refractivity contribution in [1.82, 2.24) is 5.32 Å². The molecular weight excluding hydrogens is 222 g/mol. The van der Waals surface area contributed by atoms with Crippen molar-refractivity contribution < 1.29 is 8.78 Å². The molecule has 96 valence electrons. The van der Waals surface area contributed by atoms with E-state index in [-0.39, 0.29) is 5.69 Å². The SMILES string of the molecule is CCNCc1cc(F)c(N(CC)CC)c(F)c1. The molecule has 17 heavy (non-hydrogen) atoms. The van der Waals surface area contributed by atoms with Crippen molar-refractivity contribution in [3.8, 4) is 0 Å². The normalized spacial score (nSPS) is 10.6. The van der Waals surface area contributed by atoms with Crippen LogP contribution in [0.2, 0.25) is 0 Å². The summed E-state index contributed by atoms with van der Waals surface area (Å²) in [6.07, 6.45) is 0. The van der Waals surface area contributed by atoms with Crippen molar-refractivity contribution in [2.45, 2.75) is 27.3 Å². The molecule has 2 nitrogen and oxygen atoms in total. The number of rotatable bonds is 6. The third-order valence-corrected chi connectivity index (χ3v) is 2.74. The molecule has 0 fully saturated rings. The van der Waals surface area contributed by atoms with Crippen LogP contribution in [0.25, 0.3) is 0 Å².